The zero-order valence-corrected chi connectivity index (χ0v) is 15.8. The van der Waals surface area contributed by atoms with Crippen molar-refractivity contribution in [2.45, 2.75) is 26.7 Å². The van der Waals surface area contributed by atoms with E-state index in [1.807, 2.05) is 19.1 Å². The summed E-state index contributed by atoms with van der Waals surface area (Å²) in [5, 5.41) is 2.87. The Morgan fingerprint density at radius 3 is 2.44 bits per heavy atom. The van der Waals surface area contributed by atoms with Gasteiger partial charge in [0.05, 0.1) is 0 Å². The molecule has 140 valence electrons. The predicted octanol–water partition coefficient (Wildman–Crippen LogP) is 3.22. The van der Waals surface area contributed by atoms with E-state index in [0.717, 1.165) is 23.4 Å². The van der Waals surface area contributed by atoms with E-state index in [1.165, 1.54) is 11.8 Å². The lowest BCUT2D eigenvalue weighted by molar-refractivity contribution is -0.118. The zero-order valence-electron chi connectivity index (χ0n) is 15.8. The highest BCUT2D eigenvalue weighted by Crippen LogP contribution is 2.29. The van der Waals surface area contributed by atoms with Crippen LogP contribution in [0.4, 0.5) is 17.1 Å². The van der Waals surface area contributed by atoms with Crippen molar-refractivity contribution in [2.75, 3.05) is 28.7 Å². The van der Waals surface area contributed by atoms with Gasteiger partial charge in [-0.3, -0.25) is 14.4 Å². The molecule has 3 rings (SSSR count). The van der Waals surface area contributed by atoms with Crippen LogP contribution in [0.2, 0.25) is 0 Å². The molecule has 0 spiro atoms. The zero-order chi connectivity index (χ0) is 19.6. The van der Waals surface area contributed by atoms with Gasteiger partial charge >= 0.3 is 0 Å². The van der Waals surface area contributed by atoms with Crippen LogP contribution < -0.4 is 15.1 Å². The number of nitrogens with one attached hydrogen (secondary N) is 1. The predicted molar refractivity (Wildman–Crippen MR) is 106 cm³/mol. The van der Waals surface area contributed by atoms with Gasteiger partial charge in [0.15, 0.2) is 0 Å². The molecule has 2 aromatic rings. The maximum absolute atomic E-state index is 12.6. The third-order valence-corrected chi connectivity index (χ3v) is 4.83. The maximum atomic E-state index is 12.6. The van der Waals surface area contributed by atoms with E-state index in [1.54, 1.807) is 42.3 Å². The fourth-order valence-corrected chi connectivity index (χ4v) is 3.15. The summed E-state index contributed by atoms with van der Waals surface area (Å²) in [6.45, 7) is 4.01. The van der Waals surface area contributed by atoms with E-state index in [-0.39, 0.29) is 17.7 Å². The van der Waals surface area contributed by atoms with Crippen LogP contribution >= 0.6 is 0 Å². The van der Waals surface area contributed by atoms with Crippen LogP contribution in [-0.2, 0) is 16.0 Å². The van der Waals surface area contributed by atoms with Gasteiger partial charge in [0.1, 0.15) is 0 Å². The molecule has 27 heavy (non-hydrogen) atoms. The Balaban J connectivity index is 1.72. The topological polar surface area (TPSA) is 69.7 Å². The van der Waals surface area contributed by atoms with Crippen molar-refractivity contribution in [1.29, 1.82) is 0 Å². The number of fused-ring (bicyclic) bond motifs is 1. The number of amides is 3. The van der Waals surface area contributed by atoms with E-state index in [0.29, 0.717) is 24.2 Å². The van der Waals surface area contributed by atoms with Crippen molar-refractivity contribution in [2.24, 2.45) is 0 Å². The van der Waals surface area contributed by atoms with Gasteiger partial charge < -0.3 is 15.1 Å². The minimum Gasteiger partial charge on any atom is -0.322 e. The summed E-state index contributed by atoms with van der Waals surface area (Å²) < 4.78 is 0. The Bertz CT molecular complexity index is 890. The highest BCUT2D eigenvalue weighted by molar-refractivity contribution is 6.05. The Morgan fingerprint density at radius 2 is 1.81 bits per heavy atom. The number of rotatable bonds is 4. The van der Waals surface area contributed by atoms with Gasteiger partial charge in [-0.05, 0) is 54.4 Å². The van der Waals surface area contributed by atoms with E-state index in [4.69, 9.17) is 0 Å². The molecule has 1 N–H and O–H groups in total. The van der Waals surface area contributed by atoms with E-state index < -0.39 is 0 Å². The van der Waals surface area contributed by atoms with Gasteiger partial charge in [0.25, 0.3) is 5.91 Å². The average molecular weight is 365 g/mol. The molecule has 2 aromatic carbocycles. The highest BCUT2D eigenvalue weighted by Gasteiger charge is 2.24. The van der Waals surface area contributed by atoms with Gasteiger partial charge in [-0.1, -0.05) is 6.92 Å². The summed E-state index contributed by atoms with van der Waals surface area (Å²) in [6.07, 6.45) is 1.23. The fraction of sp³-hybridized carbons (Fsp3) is 0.286. The molecule has 0 saturated heterocycles. The lowest BCUT2D eigenvalue weighted by Crippen LogP contribution is -2.27. The van der Waals surface area contributed by atoms with Crippen molar-refractivity contribution in [3.63, 3.8) is 0 Å². The first-order valence-corrected chi connectivity index (χ1v) is 8.99. The SMILES string of the molecule is CCC(=O)N1CCc2cc(C(=O)Nc3ccc(N(C)C(C)=O)cc3)ccc21. The number of anilines is 3. The third-order valence-electron chi connectivity index (χ3n) is 4.83. The van der Waals surface area contributed by atoms with E-state index in [2.05, 4.69) is 5.32 Å². The molecule has 6 heteroatoms. The Labute approximate surface area is 158 Å². The Morgan fingerprint density at radius 1 is 1.11 bits per heavy atom. The van der Waals surface area contributed by atoms with Crippen molar-refractivity contribution in [3.8, 4) is 0 Å². The lowest BCUT2D eigenvalue weighted by Gasteiger charge is -2.16. The molecule has 1 aliphatic heterocycles. The summed E-state index contributed by atoms with van der Waals surface area (Å²) >= 11 is 0. The second-order valence-corrected chi connectivity index (χ2v) is 6.57. The summed E-state index contributed by atoms with van der Waals surface area (Å²) in [6, 6.07) is 12.5. The first kappa shape index (κ1) is 18.6. The molecule has 0 aromatic heterocycles. The number of benzene rings is 2. The number of carbonyl (C=O) groups excluding carboxylic acids is 3. The maximum Gasteiger partial charge on any atom is 0.255 e. The van der Waals surface area contributed by atoms with Crippen molar-refractivity contribution >= 4 is 34.8 Å². The number of hydrogen-bond donors (Lipinski definition) is 1. The van der Waals surface area contributed by atoms with E-state index in [9.17, 15) is 14.4 Å². The number of hydrogen-bond acceptors (Lipinski definition) is 3. The largest absolute Gasteiger partial charge is 0.322 e. The van der Waals surface area contributed by atoms with Crippen LogP contribution in [0.1, 0.15) is 36.2 Å². The second kappa shape index (κ2) is 7.61. The van der Waals surface area contributed by atoms with Crippen LogP contribution in [-0.4, -0.2) is 31.3 Å². The molecule has 6 nitrogen and oxygen atoms in total. The molecule has 1 heterocycles. The van der Waals surface area contributed by atoms with Crippen LogP contribution in [0.3, 0.4) is 0 Å². The number of nitrogens with zero attached hydrogens (tertiary/aromatic N) is 2. The molecule has 0 unspecified atom stereocenters. The van der Waals surface area contributed by atoms with Gasteiger partial charge in [-0.15, -0.1) is 0 Å². The fourth-order valence-electron chi connectivity index (χ4n) is 3.15. The monoisotopic (exact) mass is 365 g/mol. The molecule has 3 amide bonds. The molecule has 0 fully saturated rings. The molecule has 0 atom stereocenters. The van der Waals surface area contributed by atoms with Gasteiger partial charge in [0.2, 0.25) is 11.8 Å². The van der Waals surface area contributed by atoms with Crippen molar-refractivity contribution in [1.82, 2.24) is 0 Å². The molecule has 1 aliphatic rings. The van der Waals surface area contributed by atoms with Gasteiger partial charge in [-0.2, -0.15) is 0 Å². The van der Waals surface area contributed by atoms with E-state index >= 15 is 0 Å². The minimum atomic E-state index is -0.203. The van der Waals surface area contributed by atoms with Crippen LogP contribution in [0.5, 0.6) is 0 Å². The Hall–Kier alpha value is -3.15. The number of carbonyl (C=O) groups is 3. The summed E-state index contributed by atoms with van der Waals surface area (Å²) in [5.41, 5.74) is 3.89. The van der Waals surface area contributed by atoms with Gasteiger partial charge in [0, 0.05) is 49.6 Å². The van der Waals surface area contributed by atoms with Gasteiger partial charge in [-0.25, -0.2) is 0 Å². The van der Waals surface area contributed by atoms with Crippen molar-refractivity contribution < 1.29 is 14.4 Å². The van der Waals surface area contributed by atoms with Crippen molar-refractivity contribution in [3.05, 3.63) is 53.6 Å². The smallest absolute Gasteiger partial charge is 0.255 e. The molecular formula is C21H23N3O3. The van der Waals surface area contributed by atoms with Crippen LogP contribution in [0, 0.1) is 0 Å². The normalized spacial score (nSPS) is 12.5. The minimum absolute atomic E-state index is 0.0551. The molecule has 0 bridgehead atoms. The quantitative estimate of drug-likeness (QED) is 0.904. The van der Waals surface area contributed by atoms with Crippen LogP contribution in [0.15, 0.2) is 42.5 Å². The van der Waals surface area contributed by atoms with Crippen LogP contribution in [0.25, 0.3) is 0 Å². The summed E-state index contributed by atoms with van der Waals surface area (Å²) in [5.74, 6) is -0.159. The average Bonchev–Trinajstić information content (AvgIpc) is 3.10. The first-order valence-electron chi connectivity index (χ1n) is 8.99. The second-order valence-electron chi connectivity index (χ2n) is 6.57. The molecule has 0 radical (unpaired) electrons. The molecular weight excluding hydrogens is 342 g/mol. The summed E-state index contributed by atoms with van der Waals surface area (Å²) in [7, 11) is 1.70. The Kier molecular flexibility index (Phi) is 5.26. The highest BCUT2D eigenvalue weighted by atomic mass is 16.2. The summed E-state index contributed by atoms with van der Waals surface area (Å²) in [4.78, 5) is 39.2. The standard InChI is InChI=1S/C21H23N3O3/c1-4-20(26)24-12-11-15-13-16(5-10-19(15)24)21(27)22-17-6-8-18(9-7-17)23(3)14(2)25/h5-10,13H,4,11-12H2,1-3H3,(H,22,27). The molecule has 0 aliphatic carbocycles. The first-order chi connectivity index (χ1) is 12.9. The molecule has 0 saturated carbocycles. The third kappa shape index (κ3) is 3.84. The lowest BCUT2D eigenvalue weighted by atomic mass is 10.1.